The molecule has 3 nitrogen and oxygen atoms in total. The second-order valence-corrected chi connectivity index (χ2v) is 5.18. The molecule has 0 aliphatic heterocycles. The minimum atomic E-state index is -0.0913. The number of nitrogens with one attached hydrogen (secondary N) is 1. The summed E-state index contributed by atoms with van der Waals surface area (Å²) in [5, 5.41) is 3.33. The highest BCUT2D eigenvalue weighted by Gasteiger charge is 2.36. The highest BCUT2D eigenvalue weighted by Crippen LogP contribution is 2.33. The van der Waals surface area contributed by atoms with E-state index in [0.717, 1.165) is 18.9 Å². The SMILES string of the molecule is COC(=O)C(NCCCCC(C)C)C1CC1. The summed E-state index contributed by atoms with van der Waals surface area (Å²) in [5.41, 5.74) is 0. The van der Waals surface area contributed by atoms with Crippen molar-refractivity contribution in [3.63, 3.8) is 0 Å². The Balaban J connectivity index is 2.11. The zero-order valence-electron chi connectivity index (χ0n) is 10.8. The van der Waals surface area contributed by atoms with E-state index in [9.17, 15) is 4.79 Å². The average Bonchev–Trinajstić information content (AvgIpc) is 3.05. The van der Waals surface area contributed by atoms with Crippen LogP contribution in [0.5, 0.6) is 0 Å². The molecular formula is C13H25NO2. The lowest BCUT2D eigenvalue weighted by Crippen LogP contribution is -2.39. The van der Waals surface area contributed by atoms with Crippen LogP contribution >= 0.6 is 0 Å². The molecule has 0 aromatic carbocycles. The largest absolute Gasteiger partial charge is 0.468 e. The van der Waals surface area contributed by atoms with Gasteiger partial charge in [-0.15, -0.1) is 0 Å². The third-order valence-electron chi connectivity index (χ3n) is 3.12. The van der Waals surface area contributed by atoms with E-state index in [1.54, 1.807) is 0 Å². The van der Waals surface area contributed by atoms with E-state index in [1.807, 2.05) is 0 Å². The first-order valence-electron chi connectivity index (χ1n) is 6.46. The maximum absolute atomic E-state index is 11.5. The Hall–Kier alpha value is -0.570. The first-order chi connectivity index (χ1) is 7.65. The van der Waals surface area contributed by atoms with E-state index in [2.05, 4.69) is 19.2 Å². The predicted octanol–water partition coefficient (Wildman–Crippen LogP) is 2.35. The van der Waals surface area contributed by atoms with E-state index in [1.165, 1.54) is 32.8 Å². The van der Waals surface area contributed by atoms with Crippen LogP contribution in [-0.4, -0.2) is 25.7 Å². The molecule has 0 radical (unpaired) electrons. The van der Waals surface area contributed by atoms with Crippen LogP contribution in [0.1, 0.15) is 46.0 Å². The van der Waals surface area contributed by atoms with Crippen LogP contribution in [0, 0.1) is 11.8 Å². The van der Waals surface area contributed by atoms with Crippen LogP contribution in [0.25, 0.3) is 0 Å². The van der Waals surface area contributed by atoms with Gasteiger partial charge in [-0.3, -0.25) is 4.79 Å². The Labute approximate surface area is 98.9 Å². The normalized spacial score (nSPS) is 17.5. The zero-order valence-corrected chi connectivity index (χ0v) is 10.8. The van der Waals surface area contributed by atoms with Crippen molar-refractivity contribution in [2.75, 3.05) is 13.7 Å². The summed E-state index contributed by atoms with van der Waals surface area (Å²) in [7, 11) is 1.47. The van der Waals surface area contributed by atoms with Gasteiger partial charge >= 0.3 is 5.97 Å². The number of carbonyl (C=O) groups is 1. The average molecular weight is 227 g/mol. The first-order valence-corrected chi connectivity index (χ1v) is 6.46. The molecule has 1 aliphatic rings. The van der Waals surface area contributed by atoms with Crippen molar-refractivity contribution in [1.82, 2.24) is 5.32 Å². The fourth-order valence-corrected chi connectivity index (χ4v) is 1.93. The monoisotopic (exact) mass is 227 g/mol. The molecule has 1 fully saturated rings. The Morgan fingerprint density at radius 1 is 1.38 bits per heavy atom. The molecule has 0 aromatic heterocycles. The van der Waals surface area contributed by atoms with Gasteiger partial charge in [-0.1, -0.05) is 26.7 Å². The number of methoxy groups -OCH3 is 1. The van der Waals surface area contributed by atoms with Crippen LogP contribution in [0.4, 0.5) is 0 Å². The summed E-state index contributed by atoms with van der Waals surface area (Å²) in [6.07, 6.45) is 5.99. The molecule has 94 valence electrons. The van der Waals surface area contributed by atoms with Crippen molar-refractivity contribution in [3.05, 3.63) is 0 Å². The molecule has 1 atom stereocenters. The van der Waals surface area contributed by atoms with Crippen molar-refractivity contribution in [1.29, 1.82) is 0 Å². The third kappa shape index (κ3) is 4.97. The lowest BCUT2D eigenvalue weighted by Gasteiger charge is -2.15. The molecule has 1 rings (SSSR count). The maximum atomic E-state index is 11.5. The van der Waals surface area contributed by atoms with Crippen LogP contribution in [0.3, 0.4) is 0 Å². The third-order valence-corrected chi connectivity index (χ3v) is 3.12. The molecule has 1 unspecified atom stereocenters. The van der Waals surface area contributed by atoms with Crippen LogP contribution in [0.15, 0.2) is 0 Å². The van der Waals surface area contributed by atoms with Gasteiger partial charge in [0.15, 0.2) is 0 Å². The van der Waals surface area contributed by atoms with E-state index >= 15 is 0 Å². The molecule has 0 amide bonds. The zero-order chi connectivity index (χ0) is 12.0. The van der Waals surface area contributed by atoms with Gasteiger partial charge in [-0.25, -0.2) is 0 Å². The standard InChI is InChI=1S/C13H25NO2/c1-10(2)6-4-5-9-14-12(11-7-8-11)13(15)16-3/h10-12,14H,4-9H2,1-3H3. The van der Waals surface area contributed by atoms with Crippen molar-refractivity contribution in [2.24, 2.45) is 11.8 Å². The number of carbonyl (C=O) groups excluding carboxylic acids is 1. The molecule has 0 heterocycles. The topological polar surface area (TPSA) is 38.3 Å². The van der Waals surface area contributed by atoms with Crippen LogP contribution in [0.2, 0.25) is 0 Å². The summed E-state index contributed by atoms with van der Waals surface area (Å²) in [5.74, 6) is 1.21. The number of unbranched alkanes of at least 4 members (excludes halogenated alkanes) is 1. The Morgan fingerprint density at radius 2 is 2.06 bits per heavy atom. The number of ether oxygens (including phenoxy) is 1. The number of rotatable bonds is 8. The smallest absolute Gasteiger partial charge is 0.323 e. The number of esters is 1. The Kier molecular flexibility index (Phi) is 5.81. The molecule has 3 heteroatoms. The van der Waals surface area contributed by atoms with Crippen molar-refractivity contribution in [2.45, 2.75) is 52.0 Å². The molecule has 0 bridgehead atoms. The highest BCUT2D eigenvalue weighted by molar-refractivity contribution is 5.76. The number of hydrogen-bond donors (Lipinski definition) is 1. The molecule has 1 saturated carbocycles. The summed E-state index contributed by atoms with van der Waals surface area (Å²) < 4.78 is 4.81. The lowest BCUT2D eigenvalue weighted by molar-refractivity contribution is -0.143. The molecule has 1 N–H and O–H groups in total. The molecule has 0 saturated heterocycles. The second kappa shape index (κ2) is 6.89. The maximum Gasteiger partial charge on any atom is 0.323 e. The summed E-state index contributed by atoms with van der Waals surface area (Å²) in [6.45, 7) is 5.42. The molecular weight excluding hydrogens is 202 g/mol. The molecule has 0 spiro atoms. The van der Waals surface area contributed by atoms with E-state index in [0.29, 0.717) is 5.92 Å². The second-order valence-electron chi connectivity index (χ2n) is 5.18. The van der Waals surface area contributed by atoms with Gasteiger partial charge < -0.3 is 10.1 Å². The van der Waals surface area contributed by atoms with Gasteiger partial charge in [0.05, 0.1) is 7.11 Å². The fourth-order valence-electron chi connectivity index (χ4n) is 1.93. The first kappa shape index (κ1) is 13.5. The molecule has 16 heavy (non-hydrogen) atoms. The van der Waals surface area contributed by atoms with Gasteiger partial charge in [0, 0.05) is 0 Å². The van der Waals surface area contributed by atoms with Crippen LogP contribution in [-0.2, 0) is 9.53 Å². The quantitative estimate of drug-likeness (QED) is 0.511. The molecule has 0 aromatic rings. The minimum Gasteiger partial charge on any atom is -0.468 e. The summed E-state index contributed by atoms with van der Waals surface area (Å²) in [4.78, 5) is 11.5. The van der Waals surface area contributed by atoms with E-state index < -0.39 is 0 Å². The molecule has 1 aliphatic carbocycles. The number of hydrogen-bond acceptors (Lipinski definition) is 3. The van der Waals surface area contributed by atoms with Crippen molar-refractivity contribution >= 4 is 5.97 Å². The van der Waals surface area contributed by atoms with Gasteiger partial charge in [0.25, 0.3) is 0 Å². The fraction of sp³-hybridized carbons (Fsp3) is 0.923. The highest BCUT2D eigenvalue weighted by atomic mass is 16.5. The summed E-state index contributed by atoms with van der Waals surface area (Å²) in [6, 6.07) is -0.0518. The van der Waals surface area contributed by atoms with Crippen molar-refractivity contribution < 1.29 is 9.53 Å². The summed E-state index contributed by atoms with van der Waals surface area (Å²) >= 11 is 0. The van der Waals surface area contributed by atoms with Gasteiger partial charge in [0.2, 0.25) is 0 Å². The van der Waals surface area contributed by atoms with Crippen LogP contribution < -0.4 is 5.32 Å². The Morgan fingerprint density at radius 3 is 2.56 bits per heavy atom. The lowest BCUT2D eigenvalue weighted by atomic mass is 10.1. The Bertz CT molecular complexity index is 212. The predicted molar refractivity (Wildman–Crippen MR) is 65.2 cm³/mol. The minimum absolute atomic E-state index is 0.0518. The van der Waals surface area contributed by atoms with E-state index in [-0.39, 0.29) is 12.0 Å². The van der Waals surface area contributed by atoms with Gasteiger partial charge in [-0.05, 0) is 37.6 Å². The van der Waals surface area contributed by atoms with Gasteiger partial charge in [0.1, 0.15) is 6.04 Å². The van der Waals surface area contributed by atoms with E-state index in [4.69, 9.17) is 4.74 Å². The van der Waals surface area contributed by atoms with Crippen molar-refractivity contribution in [3.8, 4) is 0 Å². The van der Waals surface area contributed by atoms with Gasteiger partial charge in [-0.2, -0.15) is 0 Å².